The number of nitrogens with zero attached hydrogens (tertiary/aromatic N) is 2. The van der Waals surface area contributed by atoms with Crippen LogP contribution in [0.1, 0.15) is 37.9 Å². The Morgan fingerprint density at radius 2 is 1.69 bits per heavy atom. The summed E-state index contributed by atoms with van der Waals surface area (Å²) < 4.78 is 33.8. The molecule has 6 nitrogen and oxygen atoms in total. The van der Waals surface area contributed by atoms with Crippen LogP contribution in [0.4, 0.5) is 5.69 Å². The van der Waals surface area contributed by atoms with Gasteiger partial charge in [-0.3, -0.25) is 9.21 Å². The number of ether oxygens (including phenoxy) is 1. The fourth-order valence-corrected chi connectivity index (χ4v) is 5.75. The van der Waals surface area contributed by atoms with Crippen LogP contribution in [0.3, 0.4) is 0 Å². The van der Waals surface area contributed by atoms with E-state index in [1.807, 2.05) is 30.3 Å². The predicted octanol–water partition coefficient (Wildman–Crippen LogP) is 5.06. The molecule has 1 aliphatic heterocycles. The third-order valence-corrected chi connectivity index (χ3v) is 8.14. The van der Waals surface area contributed by atoms with Crippen LogP contribution in [0.2, 0.25) is 0 Å². The first-order chi connectivity index (χ1) is 15.4. The molecule has 0 spiro atoms. The largest absolute Gasteiger partial charge is 0.495 e. The number of benzene rings is 2. The van der Waals surface area contributed by atoms with Crippen LogP contribution < -0.4 is 9.04 Å². The molecule has 4 rings (SSSR count). The second-order valence-corrected chi connectivity index (χ2v) is 10.2. The first-order valence-electron chi connectivity index (χ1n) is 11.1. The number of likely N-dealkylation sites (tertiary alicyclic amines) is 1. The summed E-state index contributed by atoms with van der Waals surface area (Å²) in [6.07, 6.45) is 3.77. The number of nitrogens with one attached hydrogen (secondary N) is 1. The van der Waals surface area contributed by atoms with Gasteiger partial charge in [0.1, 0.15) is 10.6 Å². The molecule has 3 aromatic rings. The molecule has 1 atom stereocenters. The van der Waals surface area contributed by atoms with E-state index in [1.165, 1.54) is 30.7 Å². The maximum Gasteiger partial charge on any atom is 0.267 e. The monoisotopic (exact) mass is 453 g/mol. The molecule has 32 heavy (non-hydrogen) atoms. The number of rotatable bonds is 7. The Balaban J connectivity index is 1.69. The first kappa shape index (κ1) is 22.4. The van der Waals surface area contributed by atoms with Gasteiger partial charge in [-0.25, -0.2) is 8.42 Å². The lowest BCUT2D eigenvalue weighted by molar-refractivity contribution is 0.172. The summed E-state index contributed by atoms with van der Waals surface area (Å²) in [4.78, 5) is 6.15. The number of methoxy groups -OCH3 is 1. The molecule has 170 valence electrons. The van der Waals surface area contributed by atoms with Crippen molar-refractivity contribution in [3.05, 3.63) is 66.4 Å². The molecule has 0 amide bonds. The highest BCUT2D eigenvalue weighted by molar-refractivity contribution is 7.93. The van der Waals surface area contributed by atoms with Gasteiger partial charge in [-0.1, -0.05) is 30.7 Å². The smallest absolute Gasteiger partial charge is 0.267 e. The number of hydrogen-bond acceptors (Lipinski definition) is 4. The summed E-state index contributed by atoms with van der Waals surface area (Å²) in [6.45, 7) is 4.44. The second kappa shape index (κ2) is 9.38. The number of H-pyrrole nitrogens is 1. The van der Waals surface area contributed by atoms with Crippen LogP contribution in [0.5, 0.6) is 5.75 Å². The number of hydrogen-bond donors (Lipinski definition) is 1. The minimum absolute atomic E-state index is 0.143. The number of aromatic amines is 1. The quantitative estimate of drug-likeness (QED) is 0.543. The Morgan fingerprint density at radius 1 is 0.969 bits per heavy atom. The molecule has 1 aromatic heterocycles. The highest BCUT2D eigenvalue weighted by atomic mass is 32.2. The fraction of sp³-hybridized carbons (Fsp3) is 0.360. The molecular weight excluding hydrogens is 422 g/mol. The zero-order valence-corrected chi connectivity index (χ0v) is 19.7. The van der Waals surface area contributed by atoms with Crippen LogP contribution in [-0.2, 0) is 10.0 Å². The lowest BCUT2D eigenvalue weighted by Crippen LogP contribution is -2.32. The fourth-order valence-electron chi connectivity index (χ4n) is 4.38. The number of anilines is 1. The molecule has 0 bridgehead atoms. The minimum atomic E-state index is -3.81. The molecule has 1 aliphatic rings. The van der Waals surface area contributed by atoms with E-state index in [9.17, 15) is 8.42 Å². The third kappa shape index (κ3) is 4.27. The van der Waals surface area contributed by atoms with E-state index in [0.29, 0.717) is 11.4 Å². The summed E-state index contributed by atoms with van der Waals surface area (Å²) in [5.41, 5.74) is 3.29. The number of para-hydroxylation sites is 2. The molecule has 1 fully saturated rings. The zero-order valence-electron chi connectivity index (χ0n) is 18.9. The van der Waals surface area contributed by atoms with Crippen LogP contribution >= 0.6 is 0 Å². The number of sulfonamides is 1. The molecule has 7 heteroatoms. The van der Waals surface area contributed by atoms with Gasteiger partial charge < -0.3 is 9.72 Å². The average molecular weight is 454 g/mol. The summed E-state index contributed by atoms with van der Waals surface area (Å²) in [5.74, 6) is 0.342. The highest BCUT2D eigenvalue weighted by Crippen LogP contribution is 2.38. The normalized spacial score (nSPS) is 16.0. The lowest BCUT2D eigenvalue weighted by atomic mass is 10.1. The van der Waals surface area contributed by atoms with Crippen LogP contribution in [0, 0.1) is 0 Å². The van der Waals surface area contributed by atoms with Gasteiger partial charge in [0, 0.05) is 30.0 Å². The molecule has 2 heterocycles. The molecule has 1 N–H and O–H groups in total. The van der Waals surface area contributed by atoms with Gasteiger partial charge in [-0.2, -0.15) is 0 Å². The zero-order chi connectivity index (χ0) is 22.7. The van der Waals surface area contributed by atoms with E-state index in [4.69, 9.17) is 4.74 Å². The molecule has 0 unspecified atom stereocenters. The van der Waals surface area contributed by atoms with E-state index in [-0.39, 0.29) is 10.9 Å². The number of piperidine rings is 1. The predicted molar refractivity (Wildman–Crippen MR) is 129 cm³/mol. The van der Waals surface area contributed by atoms with Crippen molar-refractivity contribution in [2.45, 2.75) is 37.1 Å². The maximum atomic E-state index is 13.4. The molecular formula is C25H31N3O3S. The van der Waals surface area contributed by atoms with E-state index in [1.54, 1.807) is 31.3 Å². The van der Waals surface area contributed by atoms with Gasteiger partial charge in [-0.05, 0) is 69.3 Å². The van der Waals surface area contributed by atoms with Gasteiger partial charge in [0.05, 0.1) is 12.8 Å². The molecule has 1 saturated heterocycles. The van der Waals surface area contributed by atoms with Gasteiger partial charge in [0.15, 0.2) is 0 Å². The summed E-state index contributed by atoms with van der Waals surface area (Å²) in [7, 11) is -0.732. The number of aromatic nitrogens is 1. The third-order valence-electron chi connectivity index (χ3n) is 6.33. The SMILES string of the molecule is COc1c(-c2ccc([C@@H](C)N3CCCCC3)[nH]2)cccc1S(=O)(=O)N(C)c1ccccc1. The Hall–Kier alpha value is -2.77. The summed E-state index contributed by atoms with van der Waals surface area (Å²) in [5, 5.41) is 0. The topological polar surface area (TPSA) is 65.6 Å². The van der Waals surface area contributed by atoms with Crippen molar-refractivity contribution in [1.29, 1.82) is 0 Å². The molecule has 0 radical (unpaired) electrons. The van der Waals surface area contributed by atoms with Crippen molar-refractivity contribution in [2.24, 2.45) is 0 Å². The Kier molecular flexibility index (Phi) is 6.58. The van der Waals surface area contributed by atoms with E-state index in [2.05, 4.69) is 22.9 Å². The van der Waals surface area contributed by atoms with Crippen molar-refractivity contribution >= 4 is 15.7 Å². The molecule has 0 aliphatic carbocycles. The minimum Gasteiger partial charge on any atom is -0.495 e. The van der Waals surface area contributed by atoms with Crippen molar-refractivity contribution < 1.29 is 13.2 Å². The van der Waals surface area contributed by atoms with Crippen LogP contribution in [-0.4, -0.2) is 45.5 Å². The second-order valence-electron chi connectivity index (χ2n) is 8.24. The van der Waals surface area contributed by atoms with Crippen molar-refractivity contribution in [1.82, 2.24) is 9.88 Å². The Bertz CT molecular complexity index is 1150. The highest BCUT2D eigenvalue weighted by Gasteiger charge is 2.28. The van der Waals surface area contributed by atoms with Crippen molar-refractivity contribution in [3.8, 4) is 17.0 Å². The average Bonchev–Trinajstić information content (AvgIpc) is 3.33. The molecule has 0 saturated carbocycles. The Morgan fingerprint density at radius 3 is 2.38 bits per heavy atom. The lowest BCUT2D eigenvalue weighted by Gasteiger charge is -2.31. The van der Waals surface area contributed by atoms with Crippen LogP contribution in [0.15, 0.2) is 65.6 Å². The molecule has 2 aromatic carbocycles. The van der Waals surface area contributed by atoms with Gasteiger partial charge in [-0.15, -0.1) is 0 Å². The summed E-state index contributed by atoms with van der Waals surface area (Å²) in [6, 6.07) is 18.7. The van der Waals surface area contributed by atoms with Crippen LogP contribution in [0.25, 0.3) is 11.3 Å². The standard InChI is InChI=1S/C25H31N3O3S/c1-19(28-17-8-5-9-18-28)22-15-16-23(26-22)21-13-10-14-24(25(21)31-3)32(29,30)27(2)20-11-6-4-7-12-20/h4,6-7,10-16,19,26H,5,8-9,17-18H2,1-3H3/t19-/m1/s1. The first-order valence-corrected chi connectivity index (χ1v) is 12.5. The van der Waals surface area contributed by atoms with Gasteiger partial charge >= 0.3 is 0 Å². The van der Waals surface area contributed by atoms with E-state index < -0.39 is 10.0 Å². The van der Waals surface area contributed by atoms with Crippen molar-refractivity contribution in [3.63, 3.8) is 0 Å². The van der Waals surface area contributed by atoms with Gasteiger partial charge in [0.2, 0.25) is 0 Å². The van der Waals surface area contributed by atoms with E-state index >= 15 is 0 Å². The van der Waals surface area contributed by atoms with Gasteiger partial charge in [0.25, 0.3) is 10.0 Å². The van der Waals surface area contributed by atoms with E-state index in [0.717, 1.165) is 30.0 Å². The Labute approximate surface area is 190 Å². The maximum absolute atomic E-state index is 13.4. The van der Waals surface area contributed by atoms with Crippen molar-refractivity contribution in [2.75, 3.05) is 31.6 Å². The summed E-state index contributed by atoms with van der Waals surface area (Å²) >= 11 is 0.